The van der Waals surface area contributed by atoms with E-state index in [0.29, 0.717) is 25.1 Å². The van der Waals surface area contributed by atoms with Gasteiger partial charge in [-0.25, -0.2) is 0 Å². The molecule has 0 bridgehead atoms. The van der Waals surface area contributed by atoms with Gasteiger partial charge in [0.1, 0.15) is 0 Å². The Morgan fingerprint density at radius 1 is 1.05 bits per heavy atom. The molecule has 0 atom stereocenters. The minimum Gasteiger partial charge on any atom is -0.378 e. The summed E-state index contributed by atoms with van der Waals surface area (Å²) in [7, 11) is 0. The summed E-state index contributed by atoms with van der Waals surface area (Å²) >= 11 is 5.98. The Bertz CT molecular complexity index is 574. The monoisotopic (exact) mass is 291 g/mol. The Morgan fingerprint density at radius 3 is 2.55 bits per heavy atom. The van der Waals surface area contributed by atoms with Crippen molar-refractivity contribution in [1.82, 2.24) is 15.0 Å². The molecule has 1 aliphatic rings. The number of benzene rings is 1. The zero-order valence-corrected chi connectivity index (χ0v) is 11.5. The average molecular weight is 292 g/mol. The molecule has 1 N–H and O–H groups in total. The van der Waals surface area contributed by atoms with E-state index in [2.05, 4.69) is 20.3 Å². The Hall–Kier alpha value is -1.92. The fourth-order valence-electron chi connectivity index (χ4n) is 1.95. The van der Waals surface area contributed by atoms with Crippen molar-refractivity contribution in [2.45, 2.75) is 0 Å². The second kappa shape index (κ2) is 6.02. The lowest BCUT2D eigenvalue weighted by atomic mass is 10.3. The fraction of sp³-hybridized carbons (Fsp3) is 0.308. The van der Waals surface area contributed by atoms with Crippen molar-refractivity contribution in [1.29, 1.82) is 0 Å². The van der Waals surface area contributed by atoms with Crippen molar-refractivity contribution in [3.63, 3.8) is 0 Å². The molecule has 0 saturated carbocycles. The number of hydrogen-bond acceptors (Lipinski definition) is 6. The van der Waals surface area contributed by atoms with Crippen LogP contribution in [0.3, 0.4) is 0 Å². The number of hydrogen-bond donors (Lipinski definition) is 1. The number of aromatic nitrogens is 3. The molecule has 0 amide bonds. The average Bonchev–Trinajstić information content (AvgIpc) is 2.49. The molecule has 1 aliphatic heterocycles. The molecule has 1 fully saturated rings. The van der Waals surface area contributed by atoms with Gasteiger partial charge in [-0.1, -0.05) is 18.2 Å². The van der Waals surface area contributed by atoms with Crippen LogP contribution in [0, 0.1) is 0 Å². The highest BCUT2D eigenvalue weighted by Crippen LogP contribution is 2.18. The molecule has 3 rings (SSSR count). The van der Waals surface area contributed by atoms with Crippen molar-refractivity contribution in [2.24, 2.45) is 0 Å². The molecule has 0 spiro atoms. The maximum atomic E-state index is 5.98. The van der Waals surface area contributed by atoms with Gasteiger partial charge < -0.3 is 15.0 Å². The summed E-state index contributed by atoms with van der Waals surface area (Å²) in [4.78, 5) is 14.7. The van der Waals surface area contributed by atoms with E-state index in [-0.39, 0.29) is 5.28 Å². The normalized spacial score (nSPS) is 15.2. The van der Waals surface area contributed by atoms with Gasteiger partial charge in [-0.15, -0.1) is 0 Å². The fourth-order valence-corrected chi connectivity index (χ4v) is 2.11. The van der Waals surface area contributed by atoms with Crippen LogP contribution in [0.2, 0.25) is 5.28 Å². The number of nitrogens with zero attached hydrogens (tertiary/aromatic N) is 4. The standard InChI is InChI=1S/C13H14ClN5O/c14-11-16-12(15-10-4-2-1-3-5-10)18-13(17-11)19-6-8-20-9-7-19/h1-5H,6-9H2,(H,15,16,17,18). The first-order valence-electron chi connectivity index (χ1n) is 6.37. The molecule has 1 aromatic heterocycles. The van der Waals surface area contributed by atoms with E-state index in [1.807, 2.05) is 35.2 Å². The molecule has 7 heteroatoms. The van der Waals surface area contributed by atoms with Gasteiger partial charge in [0, 0.05) is 18.8 Å². The largest absolute Gasteiger partial charge is 0.378 e. The van der Waals surface area contributed by atoms with Gasteiger partial charge in [-0.3, -0.25) is 0 Å². The van der Waals surface area contributed by atoms with Crippen LogP contribution < -0.4 is 10.2 Å². The van der Waals surface area contributed by atoms with E-state index in [1.165, 1.54) is 0 Å². The number of morpholine rings is 1. The van der Waals surface area contributed by atoms with Crippen LogP contribution in [0.1, 0.15) is 0 Å². The highest BCUT2D eigenvalue weighted by molar-refractivity contribution is 6.28. The van der Waals surface area contributed by atoms with Crippen molar-refractivity contribution in [3.8, 4) is 0 Å². The number of ether oxygens (including phenoxy) is 1. The van der Waals surface area contributed by atoms with Crippen LogP contribution in [0.4, 0.5) is 17.6 Å². The first-order chi connectivity index (χ1) is 9.81. The number of rotatable bonds is 3. The lowest BCUT2D eigenvalue weighted by Gasteiger charge is -2.26. The summed E-state index contributed by atoms with van der Waals surface area (Å²) in [6, 6.07) is 9.70. The Labute approximate surface area is 121 Å². The number of halogens is 1. The molecule has 6 nitrogen and oxygen atoms in total. The van der Waals surface area contributed by atoms with E-state index in [4.69, 9.17) is 16.3 Å². The maximum Gasteiger partial charge on any atom is 0.233 e. The number of nitrogens with one attached hydrogen (secondary N) is 1. The molecule has 0 unspecified atom stereocenters. The summed E-state index contributed by atoms with van der Waals surface area (Å²) in [5.74, 6) is 1.02. The third-order valence-corrected chi connectivity index (χ3v) is 3.09. The zero-order chi connectivity index (χ0) is 13.8. The Balaban J connectivity index is 1.82. The lowest BCUT2D eigenvalue weighted by Crippen LogP contribution is -2.37. The summed E-state index contributed by atoms with van der Waals surface area (Å²) in [6.45, 7) is 2.85. The van der Waals surface area contributed by atoms with Crippen molar-refractivity contribution < 1.29 is 4.74 Å². The van der Waals surface area contributed by atoms with Crippen molar-refractivity contribution >= 4 is 29.2 Å². The highest BCUT2D eigenvalue weighted by Gasteiger charge is 2.16. The molecule has 2 heterocycles. The predicted octanol–water partition coefficient (Wildman–Crippen LogP) is 2.11. The summed E-state index contributed by atoms with van der Waals surface area (Å²) in [5, 5.41) is 3.30. The number of para-hydroxylation sites is 1. The minimum atomic E-state index is 0.180. The van der Waals surface area contributed by atoms with Gasteiger partial charge in [-0.05, 0) is 23.7 Å². The van der Waals surface area contributed by atoms with Gasteiger partial charge in [-0.2, -0.15) is 15.0 Å². The number of anilines is 3. The van der Waals surface area contributed by atoms with Crippen LogP contribution in [0.5, 0.6) is 0 Å². The third kappa shape index (κ3) is 3.15. The van der Waals surface area contributed by atoms with E-state index < -0.39 is 0 Å². The topological polar surface area (TPSA) is 63.2 Å². The van der Waals surface area contributed by atoms with Crippen molar-refractivity contribution in [3.05, 3.63) is 35.6 Å². The van der Waals surface area contributed by atoms with Gasteiger partial charge in [0.25, 0.3) is 0 Å². The van der Waals surface area contributed by atoms with E-state index in [0.717, 1.165) is 18.8 Å². The van der Waals surface area contributed by atoms with Crippen LogP contribution in [-0.2, 0) is 4.74 Å². The van der Waals surface area contributed by atoms with Crippen LogP contribution in [0.25, 0.3) is 0 Å². The summed E-state index contributed by atoms with van der Waals surface area (Å²) in [5.41, 5.74) is 0.905. The van der Waals surface area contributed by atoms with Gasteiger partial charge in [0.2, 0.25) is 17.2 Å². The molecule has 0 radical (unpaired) electrons. The van der Waals surface area contributed by atoms with Gasteiger partial charge >= 0.3 is 0 Å². The van der Waals surface area contributed by atoms with E-state index >= 15 is 0 Å². The van der Waals surface area contributed by atoms with Crippen molar-refractivity contribution in [2.75, 3.05) is 36.5 Å². The molecule has 2 aromatic rings. The summed E-state index contributed by atoms with van der Waals surface area (Å²) in [6.07, 6.45) is 0. The highest BCUT2D eigenvalue weighted by atomic mass is 35.5. The first kappa shape index (κ1) is 13.1. The lowest BCUT2D eigenvalue weighted by molar-refractivity contribution is 0.122. The molecule has 1 aromatic carbocycles. The second-order valence-electron chi connectivity index (χ2n) is 4.32. The zero-order valence-electron chi connectivity index (χ0n) is 10.8. The Morgan fingerprint density at radius 2 is 1.80 bits per heavy atom. The molecule has 20 heavy (non-hydrogen) atoms. The smallest absolute Gasteiger partial charge is 0.233 e. The SMILES string of the molecule is Clc1nc(Nc2ccccc2)nc(N2CCOCC2)n1. The van der Waals surface area contributed by atoms with Crippen LogP contribution in [-0.4, -0.2) is 41.3 Å². The molecular weight excluding hydrogens is 278 g/mol. The molecular formula is C13H14ClN5O. The summed E-state index contributed by atoms with van der Waals surface area (Å²) < 4.78 is 5.32. The predicted molar refractivity (Wildman–Crippen MR) is 77.6 cm³/mol. The van der Waals surface area contributed by atoms with Crippen LogP contribution in [0.15, 0.2) is 30.3 Å². The van der Waals surface area contributed by atoms with Gasteiger partial charge in [0.05, 0.1) is 13.2 Å². The van der Waals surface area contributed by atoms with E-state index in [1.54, 1.807) is 0 Å². The molecule has 104 valence electrons. The minimum absolute atomic E-state index is 0.180. The van der Waals surface area contributed by atoms with E-state index in [9.17, 15) is 0 Å². The second-order valence-corrected chi connectivity index (χ2v) is 4.66. The van der Waals surface area contributed by atoms with Gasteiger partial charge in [0.15, 0.2) is 0 Å². The molecule has 1 saturated heterocycles. The molecule has 0 aliphatic carbocycles. The first-order valence-corrected chi connectivity index (χ1v) is 6.75. The quantitative estimate of drug-likeness (QED) is 0.934. The maximum absolute atomic E-state index is 5.98. The third-order valence-electron chi connectivity index (χ3n) is 2.92. The van der Waals surface area contributed by atoms with Crippen LogP contribution >= 0.6 is 11.6 Å². The Kier molecular flexibility index (Phi) is 3.94.